The first kappa shape index (κ1) is 8.74. The fourth-order valence-electron chi connectivity index (χ4n) is 1.39. The average molecular weight is 189 g/mol. The van der Waals surface area contributed by atoms with Crippen molar-refractivity contribution in [3.63, 3.8) is 0 Å². The lowest BCUT2D eigenvalue weighted by Crippen LogP contribution is -2.18. The molecule has 2 aromatic rings. The van der Waals surface area contributed by atoms with E-state index in [1.807, 2.05) is 47.8 Å². The summed E-state index contributed by atoms with van der Waals surface area (Å²) < 4.78 is 1.88. The summed E-state index contributed by atoms with van der Waals surface area (Å²) in [7, 11) is 3.79. The second-order valence-electron chi connectivity index (χ2n) is 3.28. The molecule has 0 bridgehead atoms. The summed E-state index contributed by atoms with van der Waals surface area (Å²) in [6.07, 6.45) is 1.89. The molecule has 2 heterocycles. The lowest BCUT2D eigenvalue weighted by molar-refractivity contribution is 0.984. The predicted molar refractivity (Wildman–Crippen MR) is 55.8 cm³/mol. The fraction of sp³-hybridized carbons (Fsp3) is 0.200. The highest BCUT2D eigenvalue weighted by atomic mass is 16.1. The second-order valence-corrected chi connectivity index (χ2v) is 3.28. The first-order chi connectivity index (χ1) is 6.68. The lowest BCUT2D eigenvalue weighted by atomic mass is 10.4. The first-order valence-corrected chi connectivity index (χ1v) is 4.34. The van der Waals surface area contributed by atoms with Crippen LogP contribution in [-0.4, -0.2) is 23.5 Å². The lowest BCUT2D eigenvalue weighted by Gasteiger charge is -2.15. The monoisotopic (exact) mass is 189 g/mol. The standard InChI is InChI=1S/C10H11N3O/c1-12(2)10-7-9(14)11-8-5-3-4-6-13(8)10/h3-7H,1-2H3. The Morgan fingerprint density at radius 2 is 2.14 bits per heavy atom. The Kier molecular flexibility index (Phi) is 1.96. The van der Waals surface area contributed by atoms with Crippen LogP contribution in [0.3, 0.4) is 0 Å². The van der Waals surface area contributed by atoms with Crippen molar-refractivity contribution in [1.82, 2.24) is 9.38 Å². The van der Waals surface area contributed by atoms with Crippen LogP contribution in [0.1, 0.15) is 0 Å². The van der Waals surface area contributed by atoms with Gasteiger partial charge in [-0.15, -0.1) is 0 Å². The van der Waals surface area contributed by atoms with E-state index in [1.54, 1.807) is 0 Å². The fourth-order valence-corrected chi connectivity index (χ4v) is 1.39. The van der Waals surface area contributed by atoms with Crippen molar-refractivity contribution in [2.75, 3.05) is 19.0 Å². The highest BCUT2D eigenvalue weighted by Gasteiger charge is 2.02. The minimum atomic E-state index is -0.208. The Morgan fingerprint density at radius 1 is 1.36 bits per heavy atom. The van der Waals surface area contributed by atoms with Gasteiger partial charge in [-0.25, -0.2) is 0 Å². The molecular weight excluding hydrogens is 178 g/mol. The molecule has 0 aliphatic rings. The van der Waals surface area contributed by atoms with Crippen LogP contribution in [-0.2, 0) is 0 Å². The van der Waals surface area contributed by atoms with Crippen LogP contribution in [0.25, 0.3) is 5.65 Å². The SMILES string of the molecule is CN(C)c1cc(=O)nc2ccccn12. The molecule has 0 aliphatic heterocycles. The van der Waals surface area contributed by atoms with E-state index >= 15 is 0 Å². The van der Waals surface area contributed by atoms with Crippen LogP contribution >= 0.6 is 0 Å². The van der Waals surface area contributed by atoms with Crippen LogP contribution in [0.4, 0.5) is 5.82 Å². The van der Waals surface area contributed by atoms with Crippen LogP contribution in [0, 0.1) is 0 Å². The van der Waals surface area contributed by atoms with Gasteiger partial charge in [0, 0.05) is 26.4 Å². The van der Waals surface area contributed by atoms with E-state index in [4.69, 9.17) is 0 Å². The molecule has 0 atom stereocenters. The highest BCUT2D eigenvalue weighted by Crippen LogP contribution is 2.09. The summed E-state index contributed by atoms with van der Waals surface area (Å²) in [5.74, 6) is 0.834. The van der Waals surface area contributed by atoms with Crippen molar-refractivity contribution < 1.29 is 0 Å². The van der Waals surface area contributed by atoms with E-state index in [1.165, 1.54) is 6.07 Å². The Bertz CT molecular complexity index is 516. The van der Waals surface area contributed by atoms with E-state index in [-0.39, 0.29) is 5.56 Å². The van der Waals surface area contributed by atoms with E-state index < -0.39 is 0 Å². The zero-order valence-corrected chi connectivity index (χ0v) is 8.14. The molecule has 0 fully saturated rings. The molecular formula is C10H11N3O. The summed E-state index contributed by atoms with van der Waals surface area (Å²) >= 11 is 0. The molecule has 0 aromatic carbocycles. The van der Waals surface area contributed by atoms with Crippen LogP contribution < -0.4 is 10.5 Å². The molecule has 4 heteroatoms. The second kappa shape index (κ2) is 3.14. The molecule has 4 nitrogen and oxygen atoms in total. The van der Waals surface area contributed by atoms with Gasteiger partial charge in [0.05, 0.1) is 0 Å². The maximum atomic E-state index is 11.3. The summed E-state index contributed by atoms with van der Waals surface area (Å²) in [6, 6.07) is 7.11. The molecule has 0 spiro atoms. The Balaban J connectivity index is 2.87. The maximum absolute atomic E-state index is 11.3. The molecule has 72 valence electrons. The number of pyridine rings is 1. The molecule has 0 saturated heterocycles. The van der Waals surface area contributed by atoms with Crippen LogP contribution in [0.15, 0.2) is 35.3 Å². The van der Waals surface area contributed by atoms with Gasteiger partial charge >= 0.3 is 0 Å². The van der Waals surface area contributed by atoms with Crippen molar-refractivity contribution in [1.29, 1.82) is 0 Å². The Labute approximate surface area is 81.4 Å². The molecule has 0 radical (unpaired) electrons. The van der Waals surface area contributed by atoms with Crippen molar-refractivity contribution in [3.8, 4) is 0 Å². The van der Waals surface area contributed by atoms with Gasteiger partial charge < -0.3 is 4.90 Å². The van der Waals surface area contributed by atoms with Gasteiger partial charge in [-0.2, -0.15) is 4.98 Å². The van der Waals surface area contributed by atoms with Crippen molar-refractivity contribution in [2.24, 2.45) is 0 Å². The summed E-state index contributed by atoms with van der Waals surface area (Å²) in [5, 5.41) is 0. The average Bonchev–Trinajstić information content (AvgIpc) is 2.16. The zero-order valence-electron chi connectivity index (χ0n) is 8.14. The minimum absolute atomic E-state index is 0.208. The van der Waals surface area contributed by atoms with Crippen LogP contribution in [0.2, 0.25) is 0 Å². The van der Waals surface area contributed by atoms with Crippen LogP contribution in [0.5, 0.6) is 0 Å². The quantitative estimate of drug-likeness (QED) is 0.664. The summed E-state index contributed by atoms with van der Waals surface area (Å²) in [6.45, 7) is 0. The van der Waals surface area contributed by atoms with Gasteiger partial charge in [-0.05, 0) is 12.1 Å². The Morgan fingerprint density at radius 3 is 2.86 bits per heavy atom. The van der Waals surface area contributed by atoms with Crippen molar-refractivity contribution in [3.05, 3.63) is 40.8 Å². The number of hydrogen-bond donors (Lipinski definition) is 0. The van der Waals surface area contributed by atoms with E-state index in [0.29, 0.717) is 5.65 Å². The molecule has 2 rings (SSSR count). The molecule has 14 heavy (non-hydrogen) atoms. The molecule has 0 aliphatic carbocycles. The number of anilines is 1. The van der Waals surface area contributed by atoms with Gasteiger partial charge in [-0.3, -0.25) is 9.20 Å². The zero-order chi connectivity index (χ0) is 10.1. The van der Waals surface area contributed by atoms with E-state index in [2.05, 4.69) is 4.98 Å². The van der Waals surface area contributed by atoms with Crippen molar-refractivity contribution >= 4 is 11.5 Å². The van der Waals surface area contributed by atoms with Gasteiger partial charge in [-0.1, -0.05) is 6.07 Å². The normalized spacial score (nSPS) is 10.4. The Hall–Kier alpha value is -1.84. The third kappa shape index (κ3) is 1.35. The number of rotatable bonds is 1. The third-order valence-corrected chi connectivity index (χ3v) is 2.02. The van der Waals surface area contributed by atoms with Gasteiger partial charge in [0.2, 0.25) is 0 Å². The van der Waals surface area contributed by atoms with E-state index in [9.17, 15) is 4.79 Å². The third-order valence-electron chi connectivity index (χ3n) is 2.02. The molecule has 0 unspecified atom stereocenters. The number of aromatic nitrogens is 2. The molecule has 0 N–H and O–H groups in total. The largest absolute Gasteiger partial charge is 0.364 e. The maximum Gasteiger partial charge on any atom is 0.275 e. The summed E-state index contributed by atoms with van der Waals surface area (Å²) in [4.78, 5) is 17.0. The number of hydrogen-bond acceptors (Lipinski definition) is 3. The summed E-state index contributed by atoms with van der Waals surface area (Å²) in [5.41, 5.74) is 0.462. The van der Waals surface area contributed by atoms with Crippen molar-refractivity contribution in [2.45, 2.75) is 0 Å². The molecule has 2 aromatic heterocycles. The first-order valence-electron chi connectivity index (χ1n) is 4.34. The molecule has 0 amide bonds. The molecule has 0 saturated carbocycles. The number of nitrogens with zero attached hydrogens (tertiary/aromatic N) is 3. The predicted octanol–water partition coefficient (Wildman–Crippen LogP) is 0.760. The topological polar surface area (TPSA) is 37.6 Å². The number of fused-ring (bicyclic) bond motifs is 1. The van der Waals surface area contributed by atoms with E-state index in [0.717, 1.165) is 5.82 Å². The van der Waals surface area contributed by atoms with Gasteiger partial charge in [0.15, 0.2) is 0 Å². The van der Waals surface area contributed by atoms with Gasteiger partial charge in [0.1, 0.15) is 11.5 Å². The highest BCUT2D eigenvalue weighted by molar-refractivity contribution is 5.48. The minimum Gasteiger partial charge on any atom is -0.364 e. The van der Waals surface area contributed by atoms with Gasteiger partial charge in [0.25, 0.3) is 5.56 Å². The smallest absolute Gasteiger partial charge is 0.275 e.